The molecule has 1 aromatic carbocycles. The molecule has 0 unspecified atom stereocenters. The minimum atomic E-state index is -0.349. The average molecular weight is 388 g/mol. The number of nitrogens with one attached hydrogen (secondary N) is 1. The summed E-state index contributed by atoms with van der Waals surface area (Å²) in [5.74, 6) is 0.393. The van der Waals surface area contributed by atoms with Crippen molar-refractivity contribution in [2.75, 3.05) is 5.32 Å². The molecule has 3 aromatic rings. The zero-order chi connectivity index (χ0) is 18.1. The lowest BCUT2D eigenvalue weighted by atomic mass is 10.3. The van der Waals surface area contributed by atoms with E-state index in [0.717, 1.165) is 28.7 Å². The Morgan fingerprint density at radius 1 is 1.31 bits per heavy atom. The van der Waals surface area contributed by atoms with Gasteiger partial charge in [0.25, 0.3) is 0 Å². The summed E-state index contributed by atoms with van der Waals surface area (Å²) in [6.07, 6.45) is 2.22. The molecule has 1 atom stereocenters. The fraction of sp³-hybridized carbons (Fsp3) is 0.278. The molecule has 1 aliphatic rings. The fourth-order valence-electron chi connectivity index (χ4n) is 2.58. The Bertz CT molecular complexity index is 904. The van der Waals surface area contributed by atoms with Crippen LogP contribution in [0.3, 0.4) is 0 Å². The fourth-order valence-corrected chi connectivity index (χ4v) is 4.21. The Kier molecular flexibility index (Phi) is 4.78. The molecule has 5 nitrogen and oxygen atoms in total. The van der Waals surface area contributed by atoms with Gasteiger partial charge >= 0.3 is 0 Å². The predicted octanol–water partition coefficient (Wildman–Crippen LogP) is 4.60. The minimum absolute atomic E-state index is 0.148. The van der Waals surface area contributed by atoms with Crippen molar-refractivity contribution < 1.29 is 9.18 Å². The number of carbonyl (C=O) groups is 1. The van der Waals surface area contributed by atoms with Gasteiger partial charge in [0.05, 0.1) is 10.1 Å². The lowest BCUT2D eigenvalue weighted by Crippen LogP contribution is -2.22. The van der Waals surface area contributed by atoms with Gasteiger partial charge in [-0.1, -0.05) is 17.8 Å². The Balaban J connectivity index is 1.50. The number of anilines is 1. The molecule has 4 rings (SSSR count). The van der Waals surface area contributed by atoms with Crippen molar-refractivity contribution in [3.8, 4) is 10.7 Å². The minimum Gasteiger partial charge on any atom is -0.325 e. The first-order valence-corrected chi connectivity index (χ1v) is 10.1. The number of thiophene rings is 1. The number of benzene rings is 1. The highest BCUT2D eigenvalue weighted by Crippen LogP contribution is 2.42. The first kappa shape index (κ1) is 17.2. The van der Waals surface area contributed by atoms with Gasteiger partial charge in [-0.2, -0.15) is 0 Å². The number of rotatable bonds is 6. The lowest BCUT2D eigenvalue weighted by molar-refractivity contribution is -0.115. The smallest absolute Gasteiger partial charge is 0.237 e. The molecule has 0 radical (unpaired) electrons. The van der Waals surface area contributed by atoms with E-state index in [0.29, 0.717) is 11.7 Å². The maximum Gasteiger partial charge on any atom is 0.237 e. The second-order valence-electron chi connectivity index (χ2n) is 6.14. The first-order chi connectivity index (χ1) is 12.6. The quantitative estimate of drug-likeness (QED) is 0.627. The average Bonchev–Trinajstić information content (AvgIpc) is 3.16. The Morgan fingerprint density at radius 3 is 2.73 bits per heavy atom. The molecule has 134 valence electrons. The van der Waals surface area contributed by atoms with E-state index in [1.54, 1.807) is 23.5 Å². The van der Waals surface area contributed by atoms with Crippen LogP contribution in [-0.4, -0.2) is 25.9 Å². The highest BCUT2D eigenvalue weighted by Gasteiger charge is 2.31. The molecule has 0 aliphatic heterocycles. The number of thioether (sulfide) groups is 1. The van der Waals surface area contributed by atoms with E-state index in [2.05, 4.69) is 20.1 Å². The van der Waals surface area contributed by atoms with Crippen molar-refractivity contribution in [3.05, 3.63) is 47.6 Å². The molecule has 1 fully saturated rings. The van der Waals surface area contributed by atoms with Crippen molar-refractivity contribution in [2.45, 2.75) is 36.2 Å². The maximum atomic E-state index is 13.0. The highest BCUT2D eigenvalue weighted by molar-refractivity contribution is 8.00. The molecule has 1 N–H and O–H groups in total. The van der Waals surface area contributed by atoms with Crippen LogP contribution in [0.25, 0.3) is 10.7 Å². The number of aromatic nitrogens is 3. The van der Waals surface area contributed by atoms with Crippen LogP contribution in [0.4, 0.5) is 10.1 Å². The molecule has 0 spiro atoms. The largest absolute Gasteiger partial charge is 0.325 e. The van der Waals surface area contributed by atoms with Crippen LogP contribution >= 0.6 is 23.1 Å². The number of carbonyl (C=O) groups excluding carboxylic acids is 1. The summed E-state index contributed by atoms with van der Waals surface area (Å²) in [6, 6.07) is 10.2. The van der Waals surface area contributed by atoms with Crippen LogP contribution in [0.1, 0.15) is 25.8 Å². The Labute approximate surface area is 158 Å². The monoisotopic (exact) mass is 388 g/mol. The van der Waals surface area contributed by atoms with E-state index in [-0.39, 0.29) is 17.0 Å². The molecule has 0 saturated heterocycles. The zero-order valence-corrected chi connectivity index (χ0v) is 15.7. The maximum absolute atomic E-state index is 13.0. The van der Waals surface area contributed by atoms with Crippen LogP contribution in [-0.2, 0) is 4.79 Å². The van der Waals surface area contributed by atoms with Gasteiger partial charge in [0, 0.05) is 11.7 Å². The summed E-state index contributed by atoms with van der Waals surface area (Å²) in [5, 5.41) is 13.9. The summed E-state index contributed by atoms with van der Waals surface area (Å²) in [5.41, 5.74) is 0.576. The van der Waals surface area contributed by atoms with E-state index in [4.69, 9.17) is 0 Å². The number of amides is 1. The van der Waals surface area contributed by atoms with Crippen LogP contribution in [0.15, 0.2) is 46.9 Å². The topological polar surface area (TPSA) is 59.8 Å². The van der Waals surface area contributed by atoms with Crippen molar-refractivity contribution in [1.29, 1.82) is 0 Å². The summed E-state index contributed by atoms with van der Waals surface area (Å²) in [7, 11) is 0. The molecule has 2 aromatic heterocycles. The van der Waals surface area contributed by atoms with Gasteiger partial charge in [-0.15, -0.1) is 21.5 Å². The molecule has 1 saturated carbocycles. The van der Waals surface area contributed by atoms with Crippen molar-refractivity contribution in [2.24, 2.45) is 0 Å². The van der Waals surface area contributed by atoms with Gasteiger partial charge in [-0.25, -0.2) is 4.39 Å². The first-order valence-electron chi connectivity index (χ1n) is 8.33. The van der Waals surface area contributed by atoms with Crippen LogP contribution in [0.2, 0.25) is 0 Å². The number of hydrogen-bond acceptors (Lipinski definition) is 5. The Hall–Kier alpha value is -2.19. The number of halogens is 1. The van der Waals surface area contributed by atoms with E-state index < -0.39 is 0 Å². The van der Waals surface area contributed by atoms with Gasteiger partial charge in [-0.05, 0) is 55.5 Å². The summed E-state index contributed by atoms with van der Waals surface area (Å²) in [6.45, 7) is 1.83. The predicted molar refractivity (Wildman–Crippen MR) is 102 cm³/mol. The summed E-state index contributed by atoms with van der Waals surface area (Å²) in [4.78, 5) is 13.5. The van der Waals surface area contributed by atoms with E-state index in [1.807, 2.05) is 24.4 Å². The van der Waals surface area contributed by atoms with Gasteiger partial charge in [0.2, 0.25) is 5.91 Å². The molecule has 0 bridgehead atoms. The van der Waals surface area contributed by atoms with E-state index in [1.165, 1.54) is 23.9 Å². The van der Waals surface area contributed by atoms with Gasteiger partial charge in [0.1, 0.15) is 5.82 Å². The van der Waals surface area contributed by atoms with Crippen molar-refractivity contribution in [3.63, 3.8) is 0 Å². The molecule has 2 heterocycles. The number of nitrogens with zero attached hydrogens (tertiary/aromatic N) is 3. The third-order valence-electron chi connectivity index (χ3n) is 4.08. The summed E-state index contributed by atoms with van der Waals surface area (Å²) >= 11 is 3.03. The summed E-state index contributed by atoms with van der Waals surface area (Å²) < 4.78 is 15.1. The van der Waals surface area contributed by atoms with Crippen molar-refractivity contribution in [1.82, 2.24) is 14.8 Å². The molecule has 1 amide bonds. The lowest BCUT2D eigenvalue weighted by Gasteiger charge is -2.13. The Morgan fingerprint density at radius 2 is 2.08 bits per heavy atom. The standard InChI is InChI=1S/C18H17FN4OS2/c1-11(17(24)20-13-6-4-12(19)5-7-13)26-18-22-21-16(15-3-2-10-25-15)23(18)14-8-9-14/h2-7,10-11,14H,8-9H2,1H3,(H,20,24)/t11-/m1/s1. The van der Waals surface area contributed by atoms with Gasteiger partial charge in [-0.3, -0.25) is 9.36 Å². The van der Waals surface area contributed by atoms with Crippen LogP contribution in [0.5, 0.6) is 0 Å². The zero-order valence-electron chi connectivity index (χ0n) is 14.1. The van der Waals surface area contributed by atoms with Crippen LogP contribution < -0.4 is 5.32 Å². The molecule has 1 aliphatic carbocycles. The third kappa shape index (κ3) is 3.66. The molecule has 26 heavy (non-hydrogen) atoms. The highest BCUT2D eigenvalue weighted by atomic mass is 32.2. The molecular formula is C18H17FN4OS2. The second kappa shape index (κ2) is 7.20. The van der Waals surface area contributed by atoms with Gasteiger partial charge < -0.3 is 5.32 Å². The third-order valence-corrected chi connectivity index (χ3v) is 6.00. The van der Waals surface area contributed by atoms with Gasteiger partial charge in [0.15, 0.2) is 11.0 Å². The second-order valence-corrected chi connectivity index (χ2v) is 8.40. The molecular weight excluding hydrogens is 371 g/mol. The SMILES string of the molecule is C[C@@H](Sc1nnc(-c2cccs2)n1C1CC1)C(=O)Nc1ccc(F)cc1. The normalized spacial score (nSPS) is 15.0. The van der Waals surface area contributed by atoms with Crippen LogP contribution in [0, 0.1) is 5.82 Å². The van der Waals surface area contributed by atoms with E-state index in [9.17, 15) is 9.18 Å². The molecule has 8 heteroatoms. The van der Waals surface area contributed by atoms with E-state index >= 15 is 0 Å². The number of hydrogen-bond donors (Lipinski definition) is 1. The van der Waals surface area contributed by atoms with Crippen molar-refractivity contribution >= 4 is 34.7 Å².